The quantitative estimate of drug-likeness (QED) is 0.718. The molecule has 0 aliphatic carbocycles. The molecule has 3 rings (SSSR count). The van der Waals surface area contributed by atoms with E-state index in [1.54, 1.807) is 6.08 Å². The highest BCUT2D eigenvalue weighted by atomic mass is 16.3. The molecule has 0 aliphatic heterocycles. The van der Waals surface area contributed by atoms with Crippen molar-refractivity contribution in [1.82, 2.24) is 5.32 Å². The first-order chi connectivity index (χ1) is 11.2. The maximum absolute atomic E-state index is 12.0. The SMILES string of the molecule is CC(Cc1cc2ccccc2o1)NC(=O)/C=C/c1ccccc1. The highest BCUT2D eigenvalue weighted by Crippen LogP contribution is 2.19. The monoisotopic (exact) mass is 305 g/mol. The van der Waals surface area contributed by atoms with Crippen molar-refractivity contribution in [1.29, 1.82) is 0 Å². The van der Waals surface area contributed by atoms with Crippen LogP contribution in [0.1, 0.15) is 18.2 Å². The number of fused-ring (bicyclic) bond motifs is 1. The van der Waals surface area contributed by atoms with Crippen molar-refractivity contribution in [3.63, 3.8) is 0 Å². The second-order valence-electron chi connectivity index (χ2n) is 5.61. The first kappa shape index (κ1) is 15.1. The second kappa shape index (κ2) is 6.97. The highest BCUT2D eigenvalue weighted by Gasteiger charge is 2.10. The van der Waals surface area contributed by atoms with Gasteiger partial charge in [-0.2, -0.15) is 0 Å². The van der Waals surface area contributed by atoms with Crippen LogP contribution in [-0.2, 0) is 11.2 Å². The molecule has 0 saturated carbocycles. The lowest BCUT2D eigenvalue weighted by Crippen LogP contribution is -2.32. The molecule has 0 radical (unpaired) electrons. The number of para-hydroxylation sites is 1. The third-order valence-corrected chi connectivity index (χ3v) is 3.60. The summed E-state index contributed by atoms with van der Waals surface area (Å²) in [5, 5.41) is 4.05. The largest absolute Gasteiger partial charge is 0.461 e. The zero-order valence-electron chi connectivity index (χ0n) is 13.0. The fourth-order valence-electron chi connectivity index (χ4n) is 2.52. The molecule has 1 N–H and O–H groups in total. The Bertz CT molecular complexity index is 785. The maximum atomic E-state index is 12.0. The molecule has 0 saturated heterocycles. The van der Waals surface area contributed by atoms with Crippen LogP contribution in [0.2, 0.25) is 0 Å². The Hall–Kier alpha value is -2.81. The predicted octanol–water partition coefficient (Wildman–Crippen LogP) is 4.19. The van der Waals surface area contributed by atoms with Crippen LogP contribution in [0.4, 0.5) is 0 Å². The van der Waals surface area contributed by atoms with Crippen molar-refractivity contribution in [3.05, 3.63) is 78.1 Å². The summed E-state index contributed by atoms with van der Waals surface area (Å²) in [7, 11) is 0. The Morgan fingerprint density at radius 1 is 1.13 bits per heavy atom. The minimum absolute atomic E-state index is 0.00323. The summed E-state index contributed by atoms with van der Waals surface area (Å²) in [6, 6.07) is 19.7. The van der Waals surface area contributed by atoms with E-state index in [2.05, 4.69) is 5.32 Å². The number of hydrogen-bond donors (Lipinski definition) is 1. The summed E-state index contributed by atoms with van der Waals surface area (Å²) >= 11 is 0. The smallest absolute Gasteiger partial charge is 0.244 e. The van der Waals surface area contributed by atoms with Crippen molar-refractivity contribution in [2.45, 2.75) is 19.4 Å². The summed E-state index contributed by atoms with van der Waals surface area (Å²) in [6.45, 7) is 1.97. The zero-order chi connectivity index (χ0) is 16.1. The molecule has 2 aromatic carbocycles. The lowest BCUT2D eigenvalue weighted by Gasteiger charge is -2.10. The molecule has 3 heteroatoms. The van der Waals surface area contributed by atoms with E-state index in [1.807, 2.05) is 73.7 Å². The van der Waals surface area contributed by atoms with E-state index < -0.39 is 0 Å². The lowest BCUT2D eigenvalue weighted by molar-refractivity contribution is -0.117. The van der Waals surface area contributed by atoms with Gasteiger partial charge in [0, 0.05) is 23.9 Å². The van der Waals surface area contributed by atoms with E-state index in [1.165, 1.54) is 0 Å². The van der Waals surface area contributed by atoms with Gasteiger partial charge in [0.25, 0.3) is 0 Å². The van der Waals surface area contributed by atoms with E-state index in [4.69, 9.17) is 4.42 Å². The molecule has 3 aromatic rings. The molecule has 0 bridgehead atoms. The van der Waals surface area contributed by atoms with Gasteiger partial charge in [0.05, 0.1) is 0 Å². The third kappa shape index (κ3) is 4.10. The fourth-order valence-corrected chi connectivity index (χ4v) is 2.52. The maximum Gasteiger partial charge on any atom is 0.244 e. The van der Waals surface area contributed by atoms with E-state index in [9.17, 15) is 4.79 Å². The normalized spacial score (nSPS) is 12.6. The number of furan rings is 1. The number of carbonyl (C=O) groups is 1. The molecule has 1 amide bonds. The minimum Gasteiger partial charge on any atom is -0.461 e. The molecule has 116 valence electrons. The first-order valence-electron chi connectivity index (χ1n) is 7.72. The van der Waals surface area contributed by atoms with Gasteiger partial charge in [-0.25, -0.2) is 0 Å². The number of nitrogens with one attached hydrogen (secondary N) is 1. The van der Waals surface area contributed by atoms with Crippen LogP contribution in [-0.4, -0.2) is 11.9 Å². The van der Waals surface area contributed by atoms with Crippen molar-refractivity contribution in [3.8, 4) is 0 Å². The standard InChI is InChI=1S/C20H19NO2/c1-15(13-18-14-17-9-5-6-10-19(17)23-18)21-20(22)12-11-16-7-3-2-4-8-16/h2-12,14-15H,13H2,1H3,(H,21,22)/b12-11+. The van der Waals surface area contributed by atoms with Gasteiger partial charge in [-0.1, -0.05) is 48.5 Å². The van der Waals surface area contributed by atoms with Crippen LogP contribution in [0, 0.1) is 0 Å². The summed E-state index contributed by atoms with van der Waals surface area (Å²) in [5.74, 6) is 0.781. The van der Waals surface area contributed by atoms with Gasteiger partial charge in [0.15, 0.2) is 0 Å². The highest BCUT2D eigenvalue weighted by molar-refractivity contribution is 5.91. The van der Waals surface area contributed by atoms with Crippen LogP contribution in [0.5, 0.6) is 0 Å². The molecular formula is C20H19NO2. The summed E-state index contributed by atoms with van der Waals surface area (Å²) in [6.07, 6.45) is 4.04. The van der Waals surface area contributed by atoms with Gasteiger partial charge in [0.1, 0.15) is 11.3 Å². The molecule has 1 heterocycles. The lowest BCUT2D eigenvalue weighted by atomic mass is 10.1. The number of hydrogen-bond acceptors (Lipinski definition) is 2. The van der Waals surface area contributed by atoms with Crippen LogP contribution >= 0.6 is 0 Å². The van der Waals surface area contributed by atoms with Crippen molar-refractivity contribution >= 4 is 23.0 Å². The van der Waals surface area contributed by atoms with Crippen molar-refractivity contribution < 1.29 is 9.21 Å². The molecule has 0 aliphatic rings. The summed E-state index contributed by atoms with van der Waals surface area (Å²) < 4.78 is 5.78. The third-order valence-electron chi connectivity index (χ3n) is 3.60. The summed E-state index contributed by atoms with van der Waals surface area (Å²) in [5.41, 5.74) is 1.89. The Kier molecular flexibility index (Phi) is 4.57. The average Bonchev–Trinajstić information content (AvgIpc) is 2.96. The van der Waals surface area contributed by atoms with Gasteiger partial charge in [-0.05, 0) is 30.7 Å². The molecule has 3 nitrogen and oxygen atoms in total. The van der Waals surface area contributed by atoms with Crippen LogP contribution in [0.25, 0.3) is 17.0 Å². The average molecular weight is 305 g/mol. The van der Waals surface area contributed by atoms with Gasteiger partial charge in [-0.3, -0.25) is 4.79 Å². The van der Waals surface area contributed by atoms with E-state index >= 15 is 0 Å². The number of rotatable bonds is 5. The Labute approximate surface area is 135 Å². The molecule has 0 fully saturated rings. The van der Waals surface area contributed by atoms with Gasteiger partial charge >= 0.3 is 0 Å². The Morgan fingerprint density at radius 2 is 1.87 bits per heavy atom. The second-order valence-corrected chi connectivity index (χ2v) is 5.61. The molecule has 1 unspecified atom stereocenters. The number of carbonyl (C=O) groups excluding carboxylic acids is 1. The zero-order valence-corrected chi connectivity index (χ0v) is 13.0. The summed E-state index contributed by atoms with van der Waals surface area (Å²) in [4.78, 5) is 12.0. The first-order valence-corrected chi connectivity index (χ1v) is 7.72. The molecule has 1 aromatic heterocycles. The van der Waals surface area contributed by atoms with Gasteiger partial charge in [-0.15, -0.1) is 0 Å². The number of benzene rings is 2. The Balaban J connectivity index is 1.57. The molecular weight excluding hydrogens is 286 g/mol. The number of amides is 1. The van der Waals surface area contributed by atoms with Crippen LogP contribution < -0.4 is 5.32 Å². The topological polar surface area (TPSA) is 42.2 Å². The fraction of sp³-hybridized carbons (Fsp3) is 0.150. The van der Waals surface area contributed by atoms with Crippen molar-refractivity contribution in [2.75, 3.05) is 0 Å². The van der Waals surface area contributed by atoms with E-state index in [0.29, 0.717) is 6.42 Å². The van der Waals surface area contributed by atoms with Gasteiger partial charge < -0.3 is 9.73 Å². The van der Waals surface area contributed by atoms with Crippen LogP contribution in [0.3, 0.4) is 0 Å². The molecule has 0 spiro atoms. The van der Waals surface area contributed by atoms with Gasteiger partial charge in [0.2, 0.25) is 5.91 Å². The van der Waals surface area contributed by atoms with Crippen LogP contribution in [0.15, 0.2) is 71.2 Å². The van der Waals surface area contributed by atoms with Crippen molar-refractivity contribution in [2.24, 2.45) is 0 Å². The van der Waals surface area contributed by atoms with E-state index in [0.717, 1.165) is 22.3 Å². The predicted molar refractivity (Wildman–Crippen MR) is 93.0 cm³/mol. The minimum atomic E-state index is -0.0996. The molecule has 23 heavy (non-hydrogen) atoms. The van der Waals surface area contributed by atoms with E-state index in [-0.39, 0.29) is 11.9 Å². The Morgan fingerprint density at radius 3 is 2.65 bits per heavy atom. The molecule has 1 atom stereocenters.